The summed E-state index contributed by atoms with van der Waals surface area (Å²) in [4.78, 5) is 0.231. The Labute approximate surface area is 102 Å². The van der Waals surface area contributed by atoms with Gasteiger partial charge >= 0.3 is 0 Å². The molecular weight excluding hydrogens is 236 g/mol. The van der Waals surface area contributed by atoms with Crippen LogP contribution >= 0.6 is 0 Å². The lowest BCUT2D eigenvalue weighted by Gasteiger charge is -2.05. The second-order valence-electron chi connectivity index (χ2n) is 3.43. The van der Waals surface area contributed by atoms with Gasteiger partial charge in [-0.1, -0.05) is 24.8 Å². The van der Waals surface area contributed by atoms with E-state index < -0.39 is 10.0 Å². The average Bonchev–Trinajstić information content (AvgIpc) is 2.34. The van der Waals surface area contributed by atoms with Gasteiger partial charge in [0.15, 0.2) is 0 Å². The highest BCUT2D eigenvalue weighted by atomic mass is 32.2. The summed E-state index contributed by atoms with van der Waals surface area (Å²) in [5.74, 6) is 5.49. The lowest BCUT2D eigenvalue weighted by atomic mass is 10.2. The highest BCUT2D eigenvalue weighted by molar-refractivity contribution is 7.89. The summed E-state index contributed by atoms with van der Waals surface area (Å²) >= 11 is 0. The highest BCUT2D eigenvalue weighted by Crippen LogP contribution is 2.10. The molecular formula is C12H16N2O2S. The molecule has 1 aromatic carbocycles. The molecule has 92 valence electrons. The minimum Gasteiger partial charge on any atom is -0.320 e. The lowest BCUT2D eigenvalue weighted by Crippen LogP contribution is -2.24. The van der Waals surface area contributed by atoms with Crippen molar-refractivity contribution in [2.75, 3.05) is 13.1 Å². The maximum Gasteiger partial charge on any atom is 0.240 e. The summed E-state index contributed by atoms with van der Waals surface area (Å²) in [5.41, 5.74) is 5.91. The Morgan fingerprint density at radius 3 is 2.82 bits per heavy atom. The minimum absolute atomic E-state index is 0.231. The van der Waals surface area contributed by atoms with Crippen LogP contribution in [0.25, 0.3) is 0 Å². The van der Waals surface area contributed by atoms with Crippen LogP contribution in [0.15, 0.2) is 29.2 Å². The maximum atomic E-state index is 11.8. The van der Waals surface area contributed by atoms with Crippen LogP contribution in [0, 0.1) is 11.8 Å². The van der Waals surface area contributed by atoms with E-state index in [1.54, 1.807) is 24.3 Å². The minimum atomic E-state index is -3.42. The number of hydrogen-bond acceptors (Lipinski definition) is 3. The summed E-state index contributed by atoms with van der Waals surface area (Å²) in [6.07, 6.45) is 0.756. The van der Waals surface area contributed by atoms with Gasteiger partial charge in [-0.15, -0.1) is 0 Å². The molecule has 0 saturated carbocycles. The molecule has 3 N–H and O–H groups in total. The van der Waals surface area contributed by atoms with E-state index in [2.05, 4.69) is 16.6 Å². The zero-order valence-corrected chi connectivity index (χ0v) is 10.5. The fourth-order valence-electron chi connectivity index (χ4n) is 1.21. The molecule has 0 aliphatic heterocycles. The Morgan fingerprint density at radius 1 is 1.41 bits per heavy atom. The molecule has 4 nitrogen and oxygen atoms in total. The van der Waals surface area contributed by atoms with Crippen molar-refractivity contribution in [2.24, 2.45) is 5.73 Å². The smallest absolute Gasteiger partial charge is 0.240 e. The van der Waals surface area contributed by atoms with Crippen LogP contribution in [0.2, 0.25) is 0 Å². The molecule has 0 aliphatic carbocycles. The normalized spacial score (nSPS) is 10.7. The van der Waals surface area contributed by atoms with Crippen LogP contribution < -0.4 is 10.5 Å². The predicted molar refractivity (Wildman–Crippen MR) is 67.9 cm³/mol. The molecule has 0 amide bonds. The largest absolute Gasteiger partial charge is 0.320 e. The van der Waals surface area contributed by atoms with E-state index in [0.29, 0.717) is 12.1 Å². The van der Waals surface area contributed by atoms with E-state index in [9.17, 15) is 8.42 Å². The van der Waals surface area contributed by atoms with Crippen LogP contribution in [0.1, 0.15) is 18.9 Å². The van der Waals surface area contributed by atoms with Gasteiger partial charge in [0.05, 0.1) is 11.4 Å². The van der Waals surface area contributed by atoms with Crippen molar-refractivity contribution < 1.29 is 8.42 Å². The highest BCUT2D eigenvalue weighted by Gasteiger charge is 2.12. The zero-order valence-electron chi connectivity index (χ0n) is 9.73. The van der Waals surface area contributed by atoms with Gasteiger partial charge < -0.3 is 5.73 Å². The SMILES string of the molecule is CCCNS(=O)(=O)c1cccc(C#CCN)c1. The molecule has 0 atom stereocenters. The first-order valence-electron chi connectivity index (χ1n) is 5.39. The Bertz CT molecular complexity index is 527. The Morgan fingerprint density at radius 2 is 2.18 bits per heavy atom. The van der Waals surface area contributed by atoms with Crippen LogP contribution in [-0.2, 0) is 10.0 Å². The molecule has 0 spiro atoms. The topological polar surface area (TPSA) is 72.2 Å². The molecule has 0 bridgehead atoms. The Kier molecular flexibility index (Phi) is 5.16. The van der Waals surface area contributed by atoms with Gasteiger partial charge in [-0.2, -0.15) is 0 Å². The van der Waals surface area contributed by atoms with E-state index in [-0.39, 0.29) is 11.4 Å². The molecule has 5 heteroatoms. The molecule has 0 radical (unpaired) electrons. The standard InChI is InChI=1S/C12H16N2O2S/c1-2-9-14-17(15,16)12-7-3-5-11(10-12)6-4-8-13/h3,5,7,10,14H,2,8-9,13H2,1H3. The number of sulfonamides is 1. The van der Waals surface area contributed by atoms with E-state index in [1.165, 1.54) is 0 Å². The van der Waals surface area contributed by atoms with Gasteiger partial charge in [0.25, 0.3) is 0 Å². The molecule has 1 aromatic rings. The molecule has 0 fully saturated rings. The van der Waals surface area contributed by atoms with Crippen LogP contribution in [0.3, 0.4) is 0 Å². The second kappa shape index (κ2) is 6.40. The summed E-state index contributed by atoms with van der Waals surface area (Å²) in [5, 5.41) is 0. The number of nitrogens with two attached hydrogens (primary N) is 1. The second-order valence-corrected chi connectivity index (χ2v) is 5.20. The summed E-state index contributed by atoms with van der Waals surface area (Å²) in [6.45, 7) is 2.60. The number of hydrogen-bond donors (Lipinski definition) is 2. The number of nitrogens with one attached hydrogen (secondary N) is 1. The zero-order chi connectivity index (χ0) is 12.7. The molecule has 0 unspecified atom stereocenters. The van der Waals surface area contributed by atoms with Crippen LogP contribution in [0.5, 0.6) is 0 Å². The lowest BCUT2D eigenvalue weighted by molar-refractivity contribution is 0.581. The third kappa shape index (κ3) is 4.19. The van der Waals surface area contributed by atoms with Crippen molar-refractivity contribution in [2.45, 2.75) is 18.2 Å². The van der Waals surface area contributed by atoms with Crippen LogP contribution in [-0.4, -0.2) is 21.5 Å². The van der Waals surface area contributed by atoms with Crippen molar-refractivity contribution in [3.63, 3.8) is 0 Å². The van der Waals surface area contributed by atoms with Crippen molar-refractivity contribution in [1.29, 1.82) is 0 Å². The van der Waals surface area contributed by atoms with E-state index in [1.807, 2.05) is 6.92 Å². The van der Waals surface area contributed by atoms with E-state index in [4.69, 9.17) is 5.73 Å². The van der Waals surface area contributed by atoms with Crippen molar-refractivity contribution >= 4 is 10.0 Å². The number of rotatable bonds is 4. The maximum absolute atomic E-state index is 11.8. The molecule has 17 heavy (non-hydrogen) atoms. The quantitative estimate of drug-likeness (QED) is 0.774. The first-order valence-corrected chi connectivity index (χ1v) is 6.87. The monoisotopic (exact) mass is 252 g/mol. The average molecular weight is 252 g/mol. The Hall–Kier alpha value is -1.35. The fourth-order valence-corrected chi connectivity index (χ4v) is 2.39. The molecule has 0 aromatic heterocycles. The Balaban J connectivity index is 2.99. The van der Waals surface area contributed by atoms with Crippen molar-refractivity contribution in [1.82, 2.24) is 4.72 Å². The molecule has 0 aliphatic rings. The first kappa shape index (κ1) is 13.7. The first-order chi connectivity index (χ1) is 8.10. The third-order valence-electron chi connectivity index (χ3n) is 2.02. The van der Waals surface area contributed by atoms with Crippen LogP contribution in [0.4, 0.5) is 0 Å². The molecule has 1 rings (SSSR count). The third-order valence-corrected chi connectivity index (χ3v) is 3.48. The summed E-state index contributed by atoms with van der Waals surface area (Å²) < 4.78 is 26.2. The van der Waals surface area contributed by atoms with Crippen molar-refractivity contribution in [3.8, 4) is 11.8 Å². The summed E-state index contributed by atoms with van der Waals surface area (Å²) in [7, 11) is -3.42. The summed E-state index contributed by atoms with van der Waals surface area (Å²) in [6, 6.07) is 6.51. The van der Waals surface area contributed by atoms with Gasteiger partial charge in [0.2, 0.25) is 10.0 Å². The van der Waals surface area contributed by atoms with Gasteiger partial charge in [-0.3, -0.25) is 0 Å². The van der Waals surface area contributed by atoms with Gasteiger partial charge in [-0.05, 0) is 24.6 Å². The van der Waals surface area contributed by atoms with E-state index >= 15 is 0 Å². The fraction of sp³-hybridized carbons (Fsp3) is 0.333. The van der Waals surface area contributed by atoms with E-state index in [0.717, 1.165) is 6.42 Å². The predicted octanol–water partition coefficient (Wildman–Crippen LogP) is 0.685. The van der Waals surface area contributed by atoms with Gasteiger partial charge in [-0.25, -0.2) is 13.1 Å². The molecule has 0 saturated heterocycles. The van der Waals surface area contributed by atoms with Gasteiger partial charge in [0, 0.05) is 12.1 Å². The van der Waals surface area contributed by atoms with Gasteiger partial charge in [0.1, 0.15) is 0 Å². The number of benzene rings is 1. The van der Waals surface area contributed by atoms with Crippen molar-refractivity contribution in [3.05, 3.63) is 29.8 Å². The molecule has 0 heterocycles.